The fraction of sp³-hybridized carbons (Fsp3) is 0.917. The number of nitrogens with two attached hydrogens (primary N) is 1. The van der Waals surface area contributed by atoms with Crippen molar-refractivity contribution < 1.29 is 4.79 Å². The summed E-state index contributed by atoms with van der Waals surface area (Å²) in [6.45, 7) is 4.01. The van der Waals surface area contributed by atoms with Gasteiger partial charge in [0.25, 0.3) is 0 Å². The highest BCUT2D eigenvalue weighted by molar-refractivity contribution is 5.85. The van der Waals surface area contributed by atoms with Gasteiger partial charge in [0.15, 0.2) is 0 Å². The summed E-state index contributed by atoms with van der Waals surface area (Å²) in [6, 6.07) is 0.347. The van der Waals surface area contributed by atoms with E-state index in [0.717, 1.165) is 32.4 Å². The van der Waals surface area contributed by atoms with E-state index in [1.54, 1.807) is 0 Å². The second kappa shape index (κ2) is 3.88. The Hall–Kier alpha value is -0.280. The first kappa shape index (κ1) is 12.2. The Morgan fingerprint density at radius 1 is 1.31 bits per heavy atom. The SMILES string of the molecule is CC1(C(=O)N2CC3CCC(N)C3C2)CC1.Cl. The molecule has 0 radical (unpaired) electrons. The molecule has 2 N–H and O–H groups in total. The lowest BCUT2D eigenvalue weighted by atomic mass is 9.98. The largest absolute Gasteiger partial charge is 0.342 e. The van der Waals surface area contributed by atoms with E-state index in [4.69, 9.17) is 5.73 Å². The van der Waals surface area contributed by atoms with Crippen LogP contribution in [0.15, 0.2) is 0 Å². The van der Waals surface area contributed by atoms with Crippen LogP contribution in [0.2, 0.25) is 0 Å². The van der Waals surface area contributed by atoms with Crippen molar-refractivity contribution in [3.05, 3.63) is 0 Å². The van der Waals surface area contributed by atoms with Crippen molar-refractivity contribution in [3.63, 3.8) is 0 Å². The Kier molecular flexibility index (Phi) is 2.96. The van der Waals surface area contributed by atoms with Gasteiger partial charge in [-0.1, -0.05) is 6.92 Å². The van der Waals surface area contributed by atoms with Crippen molar-refractivity contribution >= 4 is 18.3 Å². The molecule has 0 bridgehead atoms. The minimum Gasteiger partial charge on any atom is -0.342 e. The first-order valence-electron chi connectivity index (χ1n) is 6.15. The lowest BCUT2D eigenvalue weighted by Gasteiger charge is -2.22. The summed E-state index contributed by atoms with van der Waals surface area (Å²) >= 11 is 0. The third-order valence-electron chi connectivity index (χ3n) is 4.72. The van der Waals surface area contributed by atoms with Crippen molar-refractivity contribution in [2.45, 2.75) is 38.6 Å². The highest BCUT2D eigenvalue weighted by Crippen LogP contribution is 2.48. The molecule has 4 heteroatoms. The van der Waals surface area contributed by atoms with E-state index >= 15 is 0 Å². The fourth-order valence-electron chi connectivity index (χ4n) is 3.26. The second-order valence-corrected chi connectivity index (χ2v) is 5.94. The summed E-state index contributed by atoms with van der Waals surface area (Å²) < 4.78 is 0. The Labute approximate surface area is 103 Å². The molecule has 3 unspecified atom stereocenters. The maximum absolute atomic E-state index is 12.2. The summed E-state index contributed by atoms with van der Waals surface area (Å²) in [7, 11) is 0. The molecule has 0 aromatic heterocycles. The number of likely N-dealkylation sites (tertiary alicyclic amines) is 1. The number of nitrogens with zero attached hydrogens (tertiary/aromatic N) is 1. The fourth-order valence-corrected chi connectivity index (χ4v) is 3.26. The minimum atomic E-state index is 0. The van der Waals surface area contributed by atoms with E-state index in [1.807, 2.05) is 0 Å². The maximum atomic E-state index is 12.2. The molecule has 0 spiro atoms. The second-order valence-electron chi connectivity index (χ2n) is 5.94. The zero-order valence-corrected chi connectivity index (χ0v) is 10.6. The van der Waals surface area contributed by atoms with E-state index in [0.29, 0.717) is 23.8 Å². The van der Waals surface area contributed by atoms with Crippen LogP contribution in [0.3, 0.4) is 0 Å². The number of carbonyl (C=O) groups is 1. The van der Waals surface area contributed by atoms with Gasteiger partial charge in [0.1, 0.15) is 0 Å². The average Bonchev–Trinajstić information content (AvgIpc) is 2.71. The summed E-state index contributed by atoms with van der Waals surface area (Å²) in [5, 5.41) is 0. The Morgan fingerprint density at radius 2 is 2.00 bits per heavy atom. The molecule has 0 aromatic carbocycles. The van der Waals surface area contributed by atoms with E-state index in [9.17, 15) is 4.79 Å². The standard InChI is InChI=1S/C12H20N2O.ClH/c1-12(4-5-12)11(15)14-6-8-2-3-10(13)9(8)7-14;/h8-10H,2-7,13H2,1H3;1H. The molecular weight excluding hydrogens is 224 g/mol. The van der Waals surface area contributed by atoms with Gasteiger partial charge in [-0.15, -0.1) is 12.4 Å². The summed E-state index contributed by atoms with van der Waals surface area (Å²) in [6.07, 6.45) is 4.56. The predicted octanol–water partition coefficient (Wildman–Crippen LogP) is 1.40. The van der Waals surface area contributed by atoms with Gasteiger partial charge in [-0.25, -0.2) is 0 Å². The van der Waals surface area contributed by atoms with Crippen molar-refractivity contribution in [1.29, 1.82) is 0 Å². The quantitative estimate of drug-likeness (QED) is 0.758. The van der Waals surface area contributed by atoms with Gasteiger partial charge in [-0.05, 0) is 37.5 Å². The molecule has 3 atom stereocenters. The topological polar surface area (TPSA) is 46.3 Å². The van der Waals surface area contributed by atoms with Crippen molar-refractivity contribution in [2.75, 3.05) is 13.1 Å². The van der Waals surface area contributed by atoms with Gasteiger partial charge >= 0.3 is 0 Å². The van der Waals surface area contributed by atoms with Gasteiger partial charge in [0.2, 0.25) is 5.91 Å². The molecule has 16 heavy (non-hydrogen) atoms. The third kappa shape index (κ3) is 1.74. The van der Waals surface area contributed by atoms with Gasteiger partial charge in [-0.3, -0.25) is 4.79 Å². The first-order chi connectivity index (χ1) is 7.10. The molecule has 2 saturated carbocycles. The minimum absolute atomic E-state index is 0. The van der Waals surface area contributed by atoms with Gasteiger partial charge in [-0.2, -0.15) is 0 Å². The molecule has 3 rings (SSSR count). The van der Waals surface area contributed by atoms with Crippen LogP contribution in [-0.4, -0.2) is 29.9 Å². The normalized spacial score (nSPS) is 39.1. The zero-order valence-electron chi connectivity index (χ0n) is 9.82. The lowest BCUT2D eigenvalue weighted by molar-refractivity contribution is -0.135. The molecular formula is C12H21ClN2O. The number of carbonyl (C=O) groups excluding carboxylic acids is 1. The molecule has 1 saturated heterocycles. The average molecular weight is 245 g/mol. The smallest absolute Gasteiger partial charge is 0.228 e. The molecule has 1 aliphatic heterocycles. The maximum Gasteiger partial charge on any atom is 0.228 e. The Balaban J connectivity index is 0.000000963. The molecule has 0 aromatic rings. The highest BCUT2D eigenvalue weighted by Gasteiger charge is 2.51. The van der Waals surface area contributed by atoms with Crippen molar-refractivity contribution in [1.82, 2.24) is 4.90 Å². The molecule has 3 fully saturated rings. The zero-order chi connectivity index (χ0) is 10.6. The lowest BCUT2D eigenvalue weighted by Crippen LogP contribution is -2.37. The molecule has 1 heterocycles. The van der Waals surface area contributed by atoms with Crippen LogP contribution in [0.4, 0.5) is 0 Å². The van der Waals surface area contributed by atoms with Crippen LogP contribution in [0, 0.1) is 17.3 Å². The first-order valence-corrected chi connectivity index (χ1v) is 6.15. The summed E-state index contributed by atoms with van der Waals surface area (Å²) in [4.78, 5) is 14.2. The van der Waals surface area contributed by atoms with Crippen LogP contribution in [-0.2, 0) is 4.79 Å². The van der Waals surface area contributed by atoms with Gasteiger partial charge < -0.3 is 10.6 Å². The molecule has 3 aliphatic rings. The number of hydrogen-bond donors (Lipinski definition) is 1. The number of fused-ring (bicyclic) bond motifs is 1. The van der Waals surface area contributed by atoms with Gasteiger partial charge in [0.05, 0.1) is 0 Å². The van der Waals surface area contributed by atoms with Crippen LogP contribution >= 0.6 is 12.4 Å². The third-order valence-corrected chi connectivity index (χ3v) is 4.72. The van der Waals surface area contributed by atoms with Crippen LogP contribution in [0.5, 0.6) is 0 Å². The van der Waals surface area contributed by atoms with E-state index in [2.05, 4.69) is 11.8 Å². The summed E-state index contributed by atoms with van der Waals surface area (Å²) in [5.74, 6) is 1.69. The Bertz CT molecular complexity index is 303. The number of rotatable bonds is 1. The molecule has 1 amide bonds. The van der Waals surface area contributed by atoms with Crippen LogP contribution in [0.25, 0.3) is 0 Å². The van der Waals surface area contributed by atoms with Crippen LogP contribution in [0.1, 0.15) is 32.6 Å². The number of hydrogen-bond acceptors (Lipinski definition) is 2. The van der Waals surface area contributed by atoms with E-state index in [1.165, 1.54) is 6.42 Å². The number of amides is 1. The molecule has 92 valence electrons. The van der Waals surface area contributed by atoms with Gasteiger partial charge in [0, 0.05) is 24.5 Å². The van der Waals surface area contributed by atoms with E-state index in [-0.39, 0.29) is 17.8 Å². The van der Waals surface area contributed by atoms with E-state index < -0.39 is 0 Å². The summed E-state index contributed by atoms with van der Waals surface area (Å²) in [5.41, 5.74) is 6.07. The molecule has 3 nitrogen and oxygen atoms in total. The van der Waals surface area contributed by atoms with Crippen molar-refractivity contribution in [2.24, 2.45) is 23.0 Å². The van der Waals surface area contributed by atoms with Crippen LogP contribution < -0.4 is 5.73 Å². The Morgan fingerprint density at radius 3 is 2.56 bits per heavy atom. The highest BCUT2D eigenvalue weighted by atomic mass is 35.5. The van der Waals surface area contributed by atoms with Crippen molar-refractivity contribution in [3.8, 4) is 0 Å². The predicted molar refractivity (Wildman–Crippen MR) is 65.4 cm³/mol. The number of halogens is 1. The molecule has 2 aliphatic carbocycles. The monoisotopic (exact) mass is 244 g/mol.